The normalized spacial score (nSPS) is 13.3. The predicted molar refractivity (Wildman–Crippen MR) is 77.8 cm³/mol. The molecule has 0 fully saturated rings. The zero-order valence-electron chi connectivity index (χ0n) is 12.2. The minimum Gasteiger partial charge on any atom is -0.388 e. The molecule has 1 atom stereocenters. The van der Waals surface area contributed by atoms with E-state index < -0.39 is 0 Å². The van der Waals surface area contributed by atoms with E-state index in [1.54, 1.807) is 0 Å². The summed E-state index contributed by atoms with van der Waals surface area (Å²) in [7, 11) is 2.15. The lowest BCUT2D eigenvalue weighted by molar-refractivity contribution is 0.134. The molecule has 0 radical (unpaired) electrons. The monoisotopic (exact) mass is 249 g/mol. The third kappa shape index (κ3) is 4.43. The number of nitrogens with zero attached hydrogens (tertiary/aromatic N) is 1. The van der Waals surface area contributed by atoms with E-state index in [0.717, 1.165) is 18.5 Å². The van der Waals surface area contributed by atoms with Crippen LogP contribution in [0, 0.1) is 6.92 Å². The number of benzene rings is 1. The van der Waals surface area contributed by atoms with Crippen LogP contribution in [-0.4, -0.2) is 29.6 Å². The molecule has 1 rings (SSSR count). The summed E-state index contributed by atoms with van der Waals surface area (Å²) in [6.07, 6.45) is 2.81. The van der Waals surface area contributed by atoms with Crippen LogP contribution in [0.25, 0.3) is 0 Å². The van der Waals surface area contributed by atoms with Crippen molar-refractivity contribution in [1.82, 2.24) is 4.90 Å². The fourth-order valence-corrected chi connectivity index (χ4v) is 2.38. The molecule has 1 aromatic carbocycles. The summed E-state index contributed by atoms with van der Waals surface area (Å²) in [5.74, 6) is 0. The van der Waals surface area contributed by atoms with Crippen molar-refractivity contribution in [2.75, 3.05) is 13.6 Å². The third-order valence-corrected chi connectivity index (χ3v) is 3.78. The molecule has 1 aromatic rings. The van der Waals surface area contributed by atoms with Gasteiger partial charge in [0, 0.05) is 12.6 Å². The highest BCUT2D eigenvalue weighted by molar-refractivity contribution is 5.22. The Bertz CT molecular complexity index is 329. The maximum atomic E-state index is 10.2. The van der Waals surface area contributed by atoms with Crippen LogP contribution in [0.15, 0.2) is 24.3 Å². The molecule has 0 bridgehead atoms. The summed E-state index contributed by atoms with van der Waals surface area (Å²) in [5.41, 5.74) is 2.26. The molecule has 1 N–H and O–H groups in total. The summed E-state index contributed by atoms with van der Waals surface area (Å²) >= 11 is 0. The van der Waals surface area contributed by atoms with Crippen LogP contribution in [0.3, 0.4) is 0 Å². The van der Waals surface area contributed by atoms with Gasteiger partial charge < -0.3 is 10.0 Å². The summed E-state index contributed by atoms with van der Waals surface area (Å²) in [6.45, 7) is 7.46. The van der Waals surface area contributed by atoms with Gasteiger partial charge in [0.2, 0.25) is 0 Å². The Morgan fingerprint density at radius 3 is 2.17 bits per heavy atom. The lowest BCUT2D eigenvalue weighted by Gasteiger charge is -2.27. The minimum atomic E-state index is -0.345. The van der Waals surface area contributed by atoms with Gasteiger partial charge in [-0.2, -0.15) is 0 Å². The van der Waals surface area contributed by atoms with Crippen LogP contribution in [0.5, 0.6) is 0 Å². The average molecular weight is 249 g/mol. The van der Waals surface area contributed by atoms with Crippen LogP contribution in [0.1, 0.15) is 50.3 Å². The molecule has 2 heteroatoms. The van der Waals surface area contributed by atoms with Crippen molar-refractivity contribution < 1.29 is 5.11 Å². The standard InChI is InChI=1S/C16H27NO/c1-5-15(6-2)17(4)12-11-16(18)14-9-7-13(3)8-10-14/h7-10,15-16,18H,5-6,11-12H2,1-4H3. The Kier molecular flexibility index (Phi) is 6.37. The number of aryl methyl sites for hydroxylation is 1. The molecule has 18 heavy (non-hydrogen) atoms. The molecule has 102 valence electrons. The van der Waals surface area contributed by atoms with Gasteiger partial charge in [-0.05, 0) is 38.8 Å². The van der Waals surface area contributed by atoms with Crippen LogP contribution < -0.4 is 0 Å². The molecular weight excluding hydrogens is 222 g/mol. The first kappa shape index (κ1) is 15.2. The lowest BCUT2D eigenvalue weighted by Crippen LogP contribution is -2.32. The van der Waals surface area contributed by atoms with Gasteiger partial charge in [-0.15, -0.1) is 0 Å². The lowest BCUT2D eigenvalue weighted by atomic mass is 10.0. The van der Waals surface area contributed by atoms with Gasteiger partial charge >= 0.3 is 0 Å². The minimum absolute atomic E-state index is 0.345. The van der Waals surface area contributed by atoms with Crippen molar-refractivity contribution in [2.24, 2.45) is 0 Å². The van der Waals surface area contributed by atoms with E-state index in [0.29, 0.717) is 6.04 Å². The van der Waals surface area contributed by atoms with Crippen LogP contribution >= 0.6 is 0 Å². The van der Waals surface area contributed by atoms with E-state index in [4.69, 9.17) is 0 Å². The van der Waals surface area contributed by atoms with E-state index >= 15 is 0 Å². The molecule has 0 aliphatic carbocycles. The van der Waals surface area contributed by atoms with Gasteiger partial charge in [0.05, 0.1) is 6.10 Å². The van der Waals surface area contributed by atoms with Crippen LogP contribution in [0.4, 0.5) is 0 Å². The Balaban J connectivity index is 2.45. The Morgan fingerprint density at radius 2 is 1.67 bits per heavy atom. The van der Waals surface area contributed by atoms with Crippen molar-refractivity contribution >= 4 is 0 Å². The van der Waals surface area contributed by atoms with Gasteiger partial charge in [0.1, 0.15) is 0 Å². The smallest absolute Gasteiger partial charge is 0.0802 e. The second-order valence-corrected chi connectivity index (χ2v) is 5.17. The number of hydrogen-bond acceptors (Lipinski definition) is 2. The summed E-state index contributed by atoms with van der Waals surface area (Å²) in [4.78, 5) is 2.36. The summed E-state index contributed by atoms with van der Waals surface area (Å²) < 4.78 is 0. The molecule has 1 unspecified atom stereocenters. The molecule has 0 amide bonds. The van der Waals surface area contributed by atoms with Crippen molar-refractivity contribution in [1.29, 1.82) is 0 Å². The fraction of sp³-hybridized carbons (Fsp3) is 0.625. The Morgan fingerprint density at radius 1 is 1.11 bits per heavy atom. The average Bonchev–Trinajstić information content (AvgIpc) is 2.38. The summed E-state index contributed by atoms with van der Waals surface area (Å²) in [5, 5.41) is 10.2. The second kappa shape index (κ2) is 7.55. The molecule has 0 saturated carbocycles. The molecule has 0 aliphatic heterocycles. The first-order chi connectivity index (χ1) is 8.58. The van der Waals surface area contributed by atoms with Crippen molar-refractivity contribution in [3.05, 3.63) is 35.4 Å². The highest BCUT2D eigenvalue weighted by Crippen LogP contribution is 2.18. The van der Waals surface area contributed by atoms with Crippen molar-refractivity contribution in [3.8, 4) is 0 Å². The molecule has 0 heterocycles. The van der Waals surface area contributed by atoms with E-state index in [1.807, 2.05) is 12.1 Å². The topological polar surface area (TPSA) is 23.5 Å². The van der Waals surface area contributed by atoms with E-state index in [1.165, 1.54) is 18.4 Å². The van der Waals surface area contributed by atoms with Crippen molar-refractivity contribution in [3.63, 3.8) is 0 Å². The highest BCUT2D eigenvalue weighted by atomic mass is 16.3. The summed E-state index contributed by atoms with van der Waals surface area (Å²) in [6, 6.07) is 8.80. The van der Waals surface area contributed by atoms with E-state index in [9.17, 15) is 5.11 Å². The second-order valence-electron chi connectivity index (χ2n) is 5.17. The molecular formula is C16H27NO. The van der Waals surface area contributed by atoms with E-state index in [-0.39, 0.29) is 6.10 Å². The molecule has 0 saturated heterocycles. The van der Waals surface area contributed by atoms with Gasteiger partial charge in [-0.25, -0.2) is 0 Å². The first-order valence-electron chi connectivity index (χ1n) is 7.03. The zero-order chi connectivity index (χ0) is 13.5. The largest absolute Gasteiger partial charge is 0.388 e. The van der Waals surface area contributed by atoms with Gasteiger partial charge in [-0.3, -0.25) is 0 Å². The van der Waals surface area contributed by atoms with E-state index in [2.05, 4.69) is 44.9 Å². The van der Waals surface area contributed by atoms with Crippen molar-refractivity contribution in [2.45, 2.75) is 52.2 Å². The fourth-order valence-electron chi connectivity index (χ4n) is 2.38. The molecule has 0 aliphatic rings. The van der Waals surface area contributed by atoms with Crippen LogP contribution in [0.2, 0.25) is 0 Å². The zero-order valence-corrected chi connectivity index (χ0v) is 12.2. The quantitative estimate of drug-likeness (QED) is 0.799. The molecule has 2 nitrogen and oxygen atoms in total. The maximum absolute atomic E-state index is 10.2. The van der Waals surface area contributed by atoms with Crippen LogP contribution in [-0.2, 0) is 0 Å². The number of aliphatic hydroxyl groups excluding tert-OH is 1. The molecule has 0 aromatic heterocycles. The third-order valence-electron chi connectivity index (χ3n) is 3.78. The maximum Gasteiger partial charge on any atom is 0.0802 e. The Labute approximate surface area is 112 Å². The SMILES string of the molecule is CCC(CC)N(C)CCC(O)c1ccc(C)cc1. The first-order valence-corrected chi connectivity index (χ1v) is 7.03. The predicted octanol–water partition coefficient (Wildman–Crippen LogP) is 3.54. The number of rotatable bonds is 7. The highest BCUT2D eigenvalue weighted by Gasteiger charge is 2.13. The number of aliphatic hydroxyl groups is 1. The molecule has 0 spiro atoms. The number of hydrogen-bond donors (Lipinski definition) is 1. The van der Waals surface area contributed by atoms with Gasteiger partial charge in [-0.1, -0.05) is 43.7 Å². The van der Waals surface area contributed by atoms with Gasteiger partial charge in [0.15, 0.2) is 0 Å². The van der Waals surface area contributed by atoms with Gasteiger partial charge in [0.25, 0.3) is 0 Å². The Hall–Kier alpha value is -0.860.